The number of hydrogen-bond donors (Lipinski definition) is 1. The van der Waals surface area contributed by atoms with Crippen LogP contribution in [0.5, 0.6) is 17.5 Å². The molecule has 0 atom stereocenters. The first-order valence-electron chi connectivity index (χ1n) is 10.1. The van der Waals surface area contributed by atoms with Gasteiger partial charge in [0.1, 0.15) is 18.1 Å². The lowest BCUT2D eigenvalue weighted by Gasteiger charge is -2.07. The Kier molecular flexibility index (Phi) is 6.85. The molecule has 0 aliphatic carbocycles. The second-order valence-electron chi connectivity index (χ2n) is 6.83. The van der Waals surface area contributed by atoms with Crippen LogP contribution in [-0.4, -0.2) is 15.9 Å². The second-order valence-corrected chi connectivity index (χ2v) is 6.83. The first-order valence-corrected chi connectivity index (χ1v) is 10.1. The molecular weight excluding hydrogens is 402 g/mol. The number of rotatable bonds is 8. The van der Waals surface area contributed by atoms with Crippen molar-refractivity contribution < 1.29 is 14.3 Å². The van der Waals surface area contributed by atoms with E-state index in [-0.39, 0.29) is 11.9 Å². The van der Waals surface area contributed by atoms with Crippen molar-refractivity contribution in [2.45, 2.75) is 6.61 Å². The zero-order chi connectivity index (χ0) is 22.0. The van der Waals surface area contributed by atoms with Gasteiger partial charge in [0.05, 0.1) is 0 Å². The molecule has 0 saturated heterocycles. The lowest BCUT2D eigenvalue weighted by molar-refractivity contribution is -0.111. The van der Waals surface area contributed by atoms with Crippen molar-refractivity contribution in [3.63, 3.8) is 0 Å². The molecule has 1 aromatic heterocycles. The lowest BCUT2D eigenvalue weighted by atomic mass is 10.2. The molecule has 0 fully saturated rings. The Hall–Kier alpha value is -4.45. The smallest absolute Gasteiger partial charge is 0.321 e. The molecule has 6 nitrogen and oxygen atoms in total. The maximum absolute atomic E-state index is 12.3. The third kappa shape index (κ3) is 6.27. The Morgan fingerprint density at radius 2 is 1.62 bits per heavy atom. The van der Waals surface area contributed by atoms with Gasteiger partial charge in [-0.3, -0.25) is 4.79 Å². The summed E-state index contributed by atoms with van der Waals surface area (Å²) in [6.07, 6.45) is 6.44. The first-order chi connectivity index (χ1) is 15.7. The highest BCUT2D eigenvalue weighted by atomic mass is 16.5. The molecule has 4 aromatic rings. The molecule has 1 heterocycles. The van der Waals surface area contributed by atoms with Gasteiger partial charge in [-0.15, -0.1) is 0 Å². The van der Waals surface area contributed by atoms with Crippen LogP contribution in [0.1, 0.15) is 11.1 Å². The van der Waals surface area contributed by atoms with Crippen LogP contribution in [-0.2, 0) is 11.4 Å². The van der Waals surface area contributed by atoms with Crippen molar-refractivity contribution in [3.8, 4) is 17.5 Å². The van der Waals surface area contributed by atoms with Crippen LogP contribution < -0.4 is 14.8 Å². The van der Waals surface area contributed by atoms with Crippen molar-refractivity contribution in [1.29, 1.82) is 0 Å². The molecule has 1 N–H and O–H groups in total. The number of anilines is 1. The number of benzene rings is 3. The van der Waals surface area contributed by atoms with Crippen LogP contribution in [0.25, 0.3) is 6.08 Å². The lowest BCUT2D eigenvalue weighted by Crippen LogP contribution is -2.07. The summed E-state index contributed by atoms with van der Waals surface area (Å²) in [6, 6.07) is 26.5. The van der Waals surface area contributed by atoms with E-state index in [1.165, 1.54) is 6.08 Å². The number of carbonyl (C=O) groups excluding carboxylic acids is 1. The fraction of sp³-hybridized carbons (Fsp3) is 0.0385. The van der Waals surface area contributed by atoms with Crippen LogP contribution in [0.2, 0.25) is 0 Å². The third-order valence-corrected chi connectivity index (χ3v) is 4.41. The van der Waals surface area contributed by atoms with Crippen molar-refractivity contribution >= 4 is 17.7 Å². The molecule has 4 rings (SSSR count). The zero-order valence-electron chi connectivity index (χ0n) is 17.2. The average Bonchev–Trinajstić information content (AvgIpc) is 2.84. The molecule has 3 aromatic carbocycles. The summed E-state index contributed by atoms with van der Waals surface area (Å²) >= 11 is 0. The molecule has 0 spiro atoms. The molecule has 0 bridgehead atoms. The monoisotopic (exact) mass is 423 g/mol. The van der Waals surface area contributed by atoms with Gasteiger partial charge in [-0.05, 0) is 59.7 Å². The van der Waals surface area contributed by atoms with E-state index in [2.05, 4.69) is 15.3 Å². The van der Waals surface area contributed by atoms with Gasteiger partial charge < -0.3 is 14.8 Å². The van der Waals surface area contributed by atoms with Crippen LogP contribution in [0, 0.1) is 0 Å². The topological polar surface area (TPSA) is 73.3 Å². The van der Waals surface area contributed by atoms with E-state index >= 15 is 0 Å². The summed E-state index contributed by atoms with van der Waals surface area (Å²) in [5.41, 5.74) is 2.62. The predicted molar refractivity (Wildman–Crippen MR) is 123 cm³/mol. The summed E-state index contributed by atoms with van der Waals surface area (Å²) in [5.74, 6) is 1.09. The highest BCUT2D eigenvalue weighted by Gasteiger charge is 2.02. The maximum atomic E-state index is 12.3. The molecule has 1 amide bonds. The SMILES string of the molecule is O=C(C=Cc1cccc(OCc2ccccc2)c1)Nc1ccc(Oc2ncccn2)cc1. The largest absolute Gasteiger partial charge is 0.489 e. The Morgan fingerprint density at radius 3 is 2.41 bits per heavy atom. The number of nitrogens with zero attached hydrogens (tertiary/aromatic N) is 2. The van der Waals surface area contributed by atoms with E-state index in [4.69, 9.17) is 9.47 Å². The normalized spacial score (nSPS) is 10.6. The fourth-order valence-corrected chi connectivity index (χ4v) is 2.85. The Morgan fingerprint density at radius 1 is 0.844 bits per heavy atom. The van der Waals surface area contributed by atoms with E-state index in [0.29, 0.717) is 18.0 Å². The fourth-order valence-electron chi connectivity index (χ4n) is 2.85. The maximum Gasteiger partial charge on any atom is 0.321 e. The van der Waals surface area contributed by atoms with Crippen molar-refractivity contribution in [2.75, 3.05) is 5.32 Å². The highest BCUT2D eigenvalue weighted by Crippen LogP contribution is 2.20. The number of carbonyl (C=O) groups is 1. The van der Waals surface area contributed by atoms with Gasteiger partial charge in [-0.2, -0.15) is 0 Å². The Balaban J connectivity index is 1.30. The summed E-state index contributed by atoms with van der Waals surface area (Å²) in [7, 11) is 0. The molecule has 0 radical (unpaired) electrons. The van der Waals surface area contributed by atoms with Gasteiger partial charge in [-0.1, -0.05) is 42.5 Å². The van der Waals surface area contributed by atoms with Gasteiger partial charge in [-0.25, -0.2) is 9.97 Å². The van der Waals surface area contributed by atoms with Gasteiger partial charge in [0.25, 0.3) is 0 Å². The summed E-state index contributed by atoms with van der Waals surface area (Å²) < 4.78 is 11.4. The minimum atomic E-state index is -0.235. The molecule has 0 aliphatic rings. The number of amides is 1. The number of aromatic nitrogens is 2. The first kappa shape index (κ1) is 20.8. The van der Waals surface area contributed by atoms with Crippen LogP contribution in [0.4, 0.5) is 5.69 Å². The van der Waals surface area contributed by atoms with E-state index in [1.54, 1.807) is 48.8 Å². The van der Waals surface area contributed by atoms with Crippen molar-refractivity contribution in [2.24, 2.45) is 0 Å². The van der Waals surface area contributed by atoms with E-state index in [1.807, 2.05) is 54.6 Å². The van der Waals surface area contributed by atoms with E-state index in [9.17, 15) is 4.79 Å². The third-order valence-electron chi connectivity index (χ3n) is 4.41. The molecule has 0 unspecified atom stereocenters. The Bertz CT molecular complexity index is 1180. The molecule has 6 heteroatoms. The van der Waals surface area contributed by atoms with Crippen LogP contribution >= 0.6 is 0 Å². The van der Waals surface area contributed by atoms with E-state index < -0.39 is 0 Å². The quantitative estimate of drug-likeness (QED) is 0.379. The number of nitrogens with one attached hydrogen (secondary N) is 1. The number of ether oxygens (including phenoxy) is 2. The summed E-state index contributed by atoms with van der Waals surface area (Å²) in [5, 5.41) is 2.82. The summed E-state index contributed by atoms with van der Waals surface area (Å²) in [6.45, 7) is 0.491. The van der Waals surface area contributed by atoms with Crippen molar-refractivity contribution in [3.05, 3.63) is 115 Å². The summed E-state index contributed by atoms with van der Waals surface area (Å²) in [4.78, 5) is 20.3. The molecular formula is C26H21N3O3. The second kappa shape index (κ2) is 10.5. The molecule has 158 valence electrons. The molecule has 0 aliphatic heterocycles. The van der Waals surface area contributed by atoms with Gasteiger partial charge in [0.15, 0.2) is 0 Å². The average molecular weight is 423 g/mol. The molecule has 32 heavy (non-hydrogen) atoms. The minimum Gasteiger partial charge on any atom is -0.489 e. The van der Waals surface area contributed by atoms with Crippen LogP contribution in [0.3, 0.4) is 0 Å². The highest BCUT2D eigenvalue weighted by molar-refractivity contribution is 6.01. The van der Waals surface area contributed by atoms with Crippen LogP contribution in [0.15, 0.2) is 103 Å². The van der Waals surface area contributed by atoms with Gasteiger partial charge in [0, 0.05) is 24.2 Å². The predicted octanol–water partition coefficient (Wildman–Crippen LogP) is 5.50. The standard InChI is InChI=1S/C26H21N3O3/c30-25(29-22-11-13-23(14-12-22)32-26-27-16-5-17-28-26)15-10-20-8-4-9-24(18-20)31-19-21-6-2-1-3-7-21/h1-18H,19H2,(H,29,30). The van der Waals surface area contributed by atoms with Crippen molar-refractivity contribution in [1.82, 2.24) is 9.97 Å². The zero-order valence-corrected chi connectivity index (χ0v) is 17.2. The van der Waals surface area contributed by atoms with E-state index in [0.717, 1.165) is 16.9 Å². The van der Waals surface area contributed by atoms with Gasteiger partial charge in [0.2, 0.25) is 5.91 Å². The van der Waals surface area contributed by atoms with Gasteiger partial charge >= 0.3 is 6.01 Å². The molecule has 0 saturated carbocycles. The minimum absolute atomic E-state index is 0.235. The number of hydrogen-bond acceptors (Lipinski definition) is 5. The Labute approximate surface area is 186 Å².